The van der Waals surface area contributed by atoms with Gasteiger partial charge in [0.2, 0.25) is 0 Å². The highest BCUT2D eigenvalue weighted by atomic mass is 15.2. The van der Waals surface area contributed by atoms with E-state index in [9.17, 15) is 0 Å². The lowest BCUT2D eigenvalue weighted by Crippen LogP contribution is -2.48. The summed E-state index contributed by atoms with van der Waals surface area (Å²) in [6, 6.07) is 0.601. The molecule has 12 heavy (non-hydrogen) atoms. The van der Waals surface area contributed by atoms with Gasteiger partial charge in [0, 0.05) is 51.1 Å². The molecule has 0 bridgehead atoms. The minimum absolute atomic E-state index is 0.601. The van der Waals surface area contributed by atoms with Gasteiger partial charge in [-0.25, -0.2) is 0 Å². The van der Waals surface area contributed by atoms with Crippen LogP contribution in [0.15, 0.2) is 17.3 Å². The number of aliphatic imine (C=N–C) groups is 1. The lowest BCUT2D eigenvalue weighted by Gasteiger charge is -2.33. The third-order valence-electron chi connectivity index (χ3n) is 2.47. The van der Waals surface area contributed by atoms with E-state index in [2.05, 4.69) is 21.3 Å². The van der Waals surface area contributed by atoms with Gasteiger partial charge in [-0.2, -0.15) is 0 Å². The lowest BCUT2D eigenvalue weighted by atomic mass is 10.1. The highest BCUT2D eigenvalue weighted by molar-refractivity contribution is 5.60. The molecule has 3 nitrogen and oxygen atoms in total. The smallest absolute Gasteiger partial charge is 0.0346 e. The van der Waals surface area contributed by atoms with Gasteiger partial charge in [0.1, 0.15) is 0 Å². The minimum atomic E-state index is 0.601. The summed E-state index contributed by atoms with van der Waals surface area (Å²) in [4.78, 5) is 6.59. The van der Waals surface area contributed by atoms with Crippen molar-refractivity contribution in [2.75, 3.05) is 26.2 Å². The number of nitrogens with one attached hydrogen (secondary N) is 1. The molecule has 1 atom stereocenters. The normalized spacial score (nSPS) is 30.8. The zero-order chi connectivity index (χ0) is 8.23. The third-order valence-corrected chi connectivity index (χ3v) is 2.47. The second-order valence-corrected chi connectivity index (χ2v) is 3.26. The van der Waals surface area contributed by atoms with Crippen LogP contribution in [0.4, 0.5) is 0 Å². The molecule has 0 saturated carbocycles. The lowest BCUT2D eigenvalue weighted by molar-refractivity contribution is 0.205. The zero-order valence-corrected chi connectivity index (χ0v) is 7.24. The fourth-order valence-electron chi connectivity index (χ4n) is 1.74. The first kappa shape index (κ1) is 7.95. The zero-order valence-electron chi connectivity index (χ0n) is 7.24. The van der Waals surface area contributed by atoms with Gasteiger partial charge in [-0.1, -0.05) is 0 Å². The molecule has 0 aromatic heterocycles. The predicted molar refractivity (Wildman–Crippen MR) is 50.5 cm³/mol. The van der Waals surface area contributed by atoms with Crippen LogP contribution < -0.4 is 5.32 Å². The van der Waals surface area contributed by atoms with E-state index in [1.807, 2.05) is 12.4 Å². The summed E-state index contributed by atoms with van der Waals surface area (Å²) in [5, 5.41) is 3.35. The van der Waals surface area contributed by atoms with Gasteiger partial charge < -0.3 is 5.32 Å². The van der Waals surface area contributed by atoms with Crippen molar-refractivity contribution in [3.8, 4) is 0 Å². The molecule has 3 heteroatoms. The van der Waals surface area contributed by atoms with Crippen molar-refractivity contribution in [3.63, 3.8) is 0 Å². The van der Waals surface area contributed by atoms with Gasteiger partial charge in [0.25, 0.3) is 0 Å². The Balaban J connectivity index is 1.90. The van der Waals surface area contributed by atoms with Crippen LogP contribution in [0.25, 0.3) is 0 Å². The average Bonchev–Trinajstić information content (AvgIpc) is 2.21. The summed E-state index contributed by atoms with van der Waals surface area (Å²) >= 11 is 0. The molecule has 1 saturated heterocycles. The molecule has 1 fully saturated rings. The Morgan fingerprint density at radius 1 is 1.33 bits per heavy atom. The van der Waals surface area contributed by atoms with Crippen molar-refractivity contribution < 1.29 is 0 Å². The van der Waals surface area contributed by atoms with Gasteiger partial charge >= 0.3 is 0 Å². The molecule has 0 aromatic rings. The van der Waals surface area contributed by atoms with Crippen LogP contribution in [0, 0.1) is 0 Å². The Labute approximate surface area is 73.2 Å². The van der Waals surface area contributed by atoms with Crippen LogP contribution in [-0.4, -0.2) is 43.3 Å². The quantitative estimate of drug-likeness (QED) is 0.603. The molecule has 2 aliphatic heterocycles. The van der Waals surface area contributed by atoms with Crippen molar-refractivity contribution in [2.45, 2.75) is 12.5 Å². The Morgan fingerprint density at radius 3 is 2.83 bits per heavy atom. The van der Waals surface area contributed by atoms with Crippen molar-refractivity contribution in [1.82, 2.24) is 10.2 Å². The molecule has 1 unspecified atom stereocenters. The second kappa shape index (κ2) is 3.83. The van der Waals surface area contributed by atoms with E-state index in [-0.39, 0.29) is 0 Å². The van der Waals surface area contributed by atoms with Gasteiger partial charge in [-0.05, 0) is 6.08 Å². The van der Waals surface area contributed by atoms with E-state index in [0.29, 0.717) is 6.04 Å². The largest absolute Gasteiger partial charge is 0.314 e. The van der Waals surface area contributed by atoms with Crippen LogP contribution in [0.1, 0.15) is 6.42 Å². The molecule has 2 heterocycles. The van der Waals surface area contributed by atoms with E-state index < -0.39 is 0 Å². The first-order chi connectivity index (χ1) is 5.97. The average molecular weight is 165 g/mol. The maximum Gasteiger partial charge on any atom is 0.0346 e. The van der Waals surface area contributed by atoms with E-state index >= 15 is 0 Å². The van der Waals surface area contributed by atoms with Crippen molar-refractivity contribution in [3.05, 3.63) is 12.3 Å². The highest BCUT2D eigenvalue weighted by Crippen LogP contribution is 2.09. The summed E-state index contributed by atoms with van der Waals surface area (Å²) in [7, 11) is 0. The first-order valence-corrected chi connectivity index (χ1v) is 4.60. The molecule has 0 amide bonds. The predicted octanol–water partition coefficient (Wildman–Crippen LogP) is 0.248. The summed E-state index contributed by atoms with van der Waals surface area (Å²) in [6.07, 6.45) is 7.20. The standard InChI is InChI=1S/C9H15N3/c1-3-10-4-2-9(1)12-7-5-11-6-8-12/h1,3-4,9,11H,2,5-8H2. The van der Waals surface area contributed by atoms with Crippen molar-refractivity contribution >= 4 is 6.21 Å². The maximum absolute atomic E-state index is 4.07. The fourth-order valence-corrected chi connectivity index (χ4v) is 1.74. The summed E-state index contributed by atoms with van der Waals surface area (Å²) < 4.78 is 0. The van der Waals surface area contributed by atoms with E-state index in [1.165, 1.54) is 13.1 Å². The molecule has 0 aliphatic carbocycles. The van der Waals surface area contributed by atoms with Crippen LogP contribution in [0.5, 0.6) is 0 Å². The van der Waals surface area contributed by atoms with E-state index in [0.717, 1.165) is 19.5 Å². The molecule has 66 valence electrons. The topological polar surface area (TPSA) is 27.6 Å². The SMILES string of the molecule is C1=CC(N2CCNCC2)CC=N1. The summed E-state index contributed by atoms with van der Waals surface area (Å²) in [6.45, 7) is 4.59. The van der Waals surface area contributed by atoms with Gasteiger partial charge in [0.15, 0.2) is 0 Å². The van der Waals surface area contributed by atoms with Crippen molar-refractivity contribution in [1.29, 1.82) is 0 Å². The van der Waals surface area contributed by atoms with Crippen molar-refractivity contribution in [2.24, 2.45) is 4.99 Å². The molecular formula is C9H15N3. The second-order valence-electron chi connectivity index (χ2n) is 3.26. The van der Waals surface area contributed by atoms with Gasteiger partial charge in [0.05, 0.1) is 0 Å². The molecule has 1 N–H and O–H groups in total. The molecule has 0 spiro atoms. The highest BCUT2D eigenvalue weighted by Gasteiger charge is 2.17. The number of hydrogen-bond donors (Lipinski definition) is 1. The van der Waals surface area contributed by atoms with E-state index in [4.69, 9.17) is 0 Å². The molecule has 2 rings (SSSR count). The molecular weight excluding hydrogens is 150 g/mol. The fraction of sp³-hybridized carbons (Fsp3) is 0.667. The maximum atomic E-state index is 4.07. The number of hydrogen-bond acceptors (Lipinski definition) is 3. The summed E-state index contributed by atoms with van der Waals surface area (Å²) in [5.41, 5.74) is 0. The Kier molecular flexibility index (Phi) is 2.54. The van der Waals surface area contributed by atoms with Gasteiger partial charge in [-0.15, -0.1) is 0 Å². The Bertz CT molecular complexity index is 192. The van der Waals surface area contributed by atoms with Crippen LogP contribution >= 0.6 is 0 Å². The van der Waals surface area contributed by atoms with E-state index in [1.54, 1.807) is 0 Å². The Morgan fingerprint density at radius 2 is 2.17 bits per heavy atom. The monoisotopic (exact) mass is 165 g/mol. The first-order valence-electron chi connectivity index (χ1n) is 4.60. The van der Waals surface area contributed by atoms with Gasteiger partial charge in [-0.3, -0.25) is 9.89 Å². The van der Waals surface area contributed by atoms with Crippen LogP contribution in [0.2, 0.25) is 0 Å². The molecule has 0 aromatic carbocycles. The number of rotatable bonds is 1. The third kappa shape index (κ3) is 1.73. The van der Waals surface area contributed by atoms with Crippen LogP contribution in [0.3, 0.4) is 0 Å². The summed E-state index contributed by atoms with van der Waals surface area (Å²) in [5.74, 6) is 0. The Hall–Kier alpha value is -0.670. The number of nitrogens with zero attached hydrogens (tertiary/aromatic N) is 2. The van der Waals surface area contributed by atoms with Crippen LogP contribution in [-0.2, 0) is 0 Å². The molecule has 2 aliphatic rings. The number of piperazine rings is 1. The minimum Gasteiger partial charge on any atom is -0.314 e. The molecule has 0 radical (unpaired) electrons.